The molecular formula is C19H28O4. The standard InChI is InChI=1S/C19H28O4/c1-3-7-15(8-4-1)17-20-11-19(12-21-17)13-22-18(23-14-19)16-9-5-2-6-10-16/h3,5,7,9,15-18H,1-2,4,6,8,10-14H2. The van der Waals surface area contributed by atoms with Gasteiger partial charge in [0.1, 0.15) is 0 Å². The Morgan fingerprint density at radius 1 is 0.652 bits per heavy atom. The second-order valence-electron chi connectivity index (χ2n) is 7.53. The van der Waals surface area contributed by atoms with Crippen molar-refractivity contribution in [2.75, 3.05) is 26.4 Å². The molecule has 0 aromatic heterocycles. The first-order valence-corrected chi connectivity index (χ1v) is 9.14. The van der Waals surface area contributed by atoms with E-state index in [9.17, 15) is 0 Å². The van der Waals surface area contributed by atoms with Crippen LogP contribution in [0.15, 0.2) is 24.3 Å². The van der Waals surface area contributed by atoms with Crippen LogP contribution in [0.4, 0.5) is 0 Å². The van der Waals surface area contributed by atoms with Gasteiger partial charge in [-0.1, -0.05) is 24.3 Å². The molecule has 4 rings (SSSR count). The number of ether oxygens (including phenoxy) is 4. The minimum atomic E-state index is -0.121. The van der Waals surface area contributed by atoms with Gasteiger partial charge >= 0.3 is 0 Å². The van der Waals surface area contributed by atoms with E-state index in [-0.39, 0.29) is 18.0 Å². The van der Waals surface area contributed by atoms with Crippen molar-refractivity contribution < 1.29 is 18.9 Å². The first kappa shape index (κ1) is 15.8. The van der Waals surface area contributed by atoms with Crippen LogP contribution in [0.5, 0.6) is 0 Å². The third-order valence-electron chi connectivity index (χ3n) is 5.50. The van der Waals surface area contributed by atoms with Gasteiger partial charge in [-0.25, -0.2) is 0 Å². The fraction of sp³-hybridized carbons (Fsp3) is 0.789. The molecule has 0 aromatic rings. The molecule has 2 aliphatic carbocycles. The largest absolute Gasteiger partial charge is 0.351 e. The van der Waals surface area contributed by atoms with Gasteiger partial charge in [-0.05, 0) is 38.5 Å². The van der Waals surface area contributed by atoms with Crippen molar-refractivity contribution in [1.82, 2.24) is 0 Å². The molecule has 0 radical (unpaired) electrons. The topological polar surface area (TPSA) is 36.9 Å². The SMILES string of the molecule is C1=CC(C2OCC3(CO2)COC(C2C=CCCC2)OC3)CCC1. The van der Waals surface area contributed by atoms with Gasteiger partial charge in [0, 0.05) is 11.8 Å². The Kier molecular flexibility index (Phi) is 4.86. The highest BCUT2D eigenvalue weighted by Crippen LogP contribution is 2.36. The fourth-order valence-corrected chi connectivity index (χ4v) is 4.01. The van der Waals surface area contributed by atoms with Gasteiger partial charge in [-0.15, -0.1) is 0 Å². The summed E-state index contributed by atoms with van der Waals surface area (Å²) >= 11 is 0. The maximum Gasteiger partial charge on any atom is 0.163 e. The van der Waals surface area contributed by atoms with Crippen molar-refractivity contribution in [3.63, 3.8) is 0 Å². The maximum absolute atomic E-state index is 6.04. The van der Waals surface area contributed by atoms with Crippen LogP contribution in [-0.2, 0) is 18.9 Å². The Morgan fingerprint density at radius 2 is 1.09 bits per heavy atom. The highest BCUT2D eigenvalue weighted by molar-refractivity contribution is 4.98. The van der Waals surface area contributed by atoms with E-state index in [4.69, 9.17) is 18.9 Å². The zero-order chi connectivity index (χ0) is 15.5. The van der Waals surface area contributed by atoms with Crippen LogP contribution in [0.3, 0.4) is 0 Å². The van der Waals surface area contributed by atoms with Gasteiger partial charge in [-0.3, -0.25) is 0 Å². The molecule has 4 aliphatic rings. The molecule has 2 aliphatic heterocycles. The summed E-state index contributed by atoms with van der Waals surface area (Å²) in [5.41, 5.74) is -0.121. The van der Waals surface area contributed by atoms with Crippen molar-refractivity contribution in [2.45, 2.75) is 51.1 Å². The highest BCUT2D eigenvalue weighted by atomic mass is 16.7. The molecule has 2 heterocycles. The van der Waals surface area contributed by atoms with Gasteiger partial charge in [0.25, 0.3) is 0 Å². The second kappa shape index (κ2) is 7.06. The smallest absolute Gasteiger partial charge is 0.163 e. The number of rotatable bonds is 2. The van der Waals surface area contributed by atoms with E-state index in [1.54, 1.807) is 0 Å². The lowest BCUT2D eigenvalue weighted by molar-refractivity contribution is -0.314. The van der Waals surface area contributed by atoms with E-state index < -0.39 is 0 Å². The molecule has 0 N–H and O–H groups in total. The van der Waals surface area contributed by atoms with Crippen molar-refractivity contribution in [3.05, 3.63) is 24.3 Å². The second-order valence-corrected chi connectivity index (χ2v) is 7.53. The van der Waals surface area contributed by atoms with Crippen molar-refractivity contribution in [1.29, 1.82) is 0 Å². The Morgan fingerprint density at radius 3 is 1.43 bits per heavy atom. The Bertz CT molecular complexity index is 397. The van der Waals surface area contributed by atoms with Crippen LogP contribution in [0.2, 0.25) is 0 Å². The molecule has 0 aromatic carbocycles. The monoisotopic (exact) mass is 320 g/mol. The highest BCUT2D eigenvalue weighted by Gasteiger charge is 2.44. The normalized spacial score (nSPS) is 44.5. The molecule has 1 spiro atoms. The predicted octanol–water partition coefficient (Wildman–Crippen LogP) is 3.43. The molecular weight excluding hydrogens is 292 g/mol. The minimum absolute atomic E-state index is 0.0869. The van der Waals surface area contributed by atoms with Crippen LogP contribution in [0.25, 0.3) is 0 Å². The maximum atomic E-state index is 6.04. The lowest BCUT2D eigenvalue weighted by Crippen LogP contribution is -2.54. The molecule has 23 heavy (non-hydrogen) atoms. The van der Waals surface area contributed by atoms with Gasteiger partial charge in [0.05, 0.1) is 31.8 Å². The molecule has 2 saturated heterocycles. The van der Waals surface area contributed by atoms with Crippen molar-refractivity contribution >= 4 is 0 Å². The van der Waals surface area contributed by atoms with Gasteiger partial charge in [0.15, 0.2) is 12.6 Å². The summed E-state index contributed by atoms with van der Waals surface area (Å²) in [6, 6.07) is 0. The van der Waals surface area contributed by atoms with Crippen LogP contribution in [0.1, 0.15) is 38.5 Å². The molecule has 0 bridgehead atoms. The molecule has 2 fully saturated rings. The van der Waals surface area contributed by atoms with E-state index in [2.05, 4.69) is 24.3 Å². The van der Waals surface area contributed by atoms with Crippen LogP contribution >= 0.6 is 0 Å². The zero-order valence-corrected chi connectivity index (χ0v) is 13.8. The Hall–Kier alpha value is -0.680. The van der Waals surface area contributed by atoms with Crippen LogP contribution < -0.4 is 0 Å². The van der Waals surface area contributed by atoms with E-state index in [0.717, 1.165) is 12.8 Å². The zero-order valence-electron chi connectivity index (χ0n) is 13.8. The summed E-state index contributed by atoms with van der Waals surface area (Å²) in [5, 5.41) is 0. The van der Waals surface area contributed by atoms with E-state index in [1.165, 1.54) is 25.7 Å². The van der Waals surface area contributed by atoms with Crippen LogP contribution in [0, 0.1) is 17.3 Å². The minimum Gasteiger partial charge on any atom is -0.351 e. The molecule has 0 amide bonds. The molecule has 2 unspecified atom stereocenters. The first-order chi connectivity index (χ1) is 11.3. The molecule has 0 saturated carbocycles. The molecule has 128 valence electrons. The lowest BCUT2D eigenvalue weighted by atomic mass is 9.88. The first-order valence-electron chi connectivity index (χ1n) is 9.14. The fourth-order valence-electron chi connectivity index (χ4n) is 4.01. The number of hydrogen-bond donors (Lipinski definition) is 0. The average Bonchev–Trinajstić information content (AvgIpc) is 2.65. The Balaban J connectivity index is 1.28. The van der Waals surface area contributed by atoms with E-state index >= 15 is 0 Å². The Labute approximate surface area is 138 Å². The predicted molar refractivity (Wildman–Crippen MR) is 86.8 cm³/mol. The average molecular weight is 320 g/mol. The number of allylic oxidation sites excluding steroid dienone is 2. The lowest BCUT2D eigenvalue weighted by Gasteiger charge is -2.46. The van der Waals surface area contributed by atoms with Crippen molar-refractivity contribution in [2.24, 2.45) is 17.3 Å². The van der Waals surface area contributed by atoms with E-state index in [1.807, 2.05) is 0 Å². The van der Waals surface area contributed by atoms with Crippen molar-refractivity contribution in [3.8, 4) is 0 Å². The third kappa shape index (κ3) is 3.55. The number of hydrogen-bond acceptors (Lipinski definition) is 4. The third-order valence-corrected chi connectivity index (χ3v) is 5.50. The summed E-state index contributed by atoms with van der Waals surface area (Å²) in [6.07, 6.45) is 16.0. The molecule has 4 nitrogen and oxygen atoms in total. The summed E-state index contributed by atoms with van der Waals surface area (Å²) in [6.45, 7) is 2.70. The quantitative estimate of drug-likeness (QED) is 0.731. The van der Waals surface area contributed by atoms with Crippen LogP contribution in [-0.4, -0.2) is 39.0 Å². The van der Waals surface area contributed by atoms with Gasteiger partial charge in [-0.2, -0.15) is 0 Å². The van der Waals surface area contributed by atoms with Gasteiger partial charge < -0.3 is 18.9 Å². The summed E-state index contributed by atoms with van der Waals surface area (Å²) in [5.74, 6) is 0.818. The summed E-state index contributed by atoms with van der Waals surface area (Å²) in [4.78, 5) is 0. The molecule has 4 heteroatoms. The summed E-state index contributed by atoms with van der Waals surface area (Å²) < 4.78 is 24.2. The molecule has 2 atom stereocenters. The summed E-state index contributed by atoms with van der Waals surface area (Å²) in [7, 11) is 0. The van der Waals surface area contributed by atoms with E-state index in [0.29, 0.717) is 38.3 Å². The van der Waals surface area contributed by atoms with Gasteiger partial charge in [0.2, 0.25) is 0 Å².